The lowest BCUT2D eigenvalue weighted by molar-refractivity contribution is -0.384. The number of amides is 1. The van der Waals surface area contributed by atoms with E-state index in [1.165, 1.54) is 55.5 Å². The summed E-state index contributed by atoms with van der Waals surface area (Å²) in [7, 11) is 2.99. The van der Waals surface area contributed by atoms with Gasteiger partial charge in [0.25, 0.3) is 5.69 Å². The molecule has 3 aromatic carbocycles. The van der Waals surface area contributed by atoms with Gasteiger partial charge in [-0.1, -0.05) is 0 Å². The molecule has 11 nitrogen and oxygen atoms in total. The van der Waals surface area contributed by atoms with E-state index >= 15 is 0 Å². The zero-order valence-corrected chi connectivity index (χ0v) is 20.6. The van der Waals surface area contributed by atoms with Crippen molar-refractivity contribution in [2.24, 2.45) is 5.92 Å². The van der Waals surface area contributed by atoms with E-state index in [0.717, 1.165) is 0 Å². The summed E-state index contributed by atoms with van der Waals surface area (Å²) in [6.07, 6.45) is -0.0535. The largest absolute Gasteiger partial charge is 0.497 e. The lowest BCUT2D eigenvalue weighted by Crippen LogP contribution is -2.27. The van der Waals surface area contributed by atoms with E-state index in [9.17, 15) is 24.5 Å². The van der Waals surface area contributed by atoms with Crippen LogP contribution in [-0.4, -0.2) is 50.0 Å². The molecule has 11 heteroatoms. The number of anilines is 1. The van der Waals surface area contributed by atoms with Gasteiger partial charge in [0.1, 0.15) is 23.0 Å². The molecular weight excluding hydrogens is 496 g/mol. The minimum atomic E-state index is -0.733. The number of ketones is 1. The Kier molecular flexibility index (Phi) is 7.86. The van der Waals surface area contributed by atoms with E-state index in [-0.39, 0.29) is 24.6 Å². The zero-order chi connectivity index (χ0) is 27.2. The highest BCUT2D eigenvalue weighted by Crippen LogP contribution is 2.36. The highest BCUT2D eigenvalue weighted by Gasteiger charge is 2.37. The summed E-state index contributed by atoms with van der Waals surface area (Å²) in [5.74, 6) is -0.249. The third kappa shape index (κ3) is 5.89. The lowest BCUT2D eigenvalue weighted by atomic mass is 10.1. The van der Waals surface area contributed by atoms with Gasteiger partial charge in [-0.25, -0.2) is 0 Å². The van der Waals surface area contributed by atoms with Gasteiger partial charge in [-0.15, -0.1) is 0 Å². The second kappa shape index (κ2) is 11.4. The van der Waals surface area contributed by atoms with Crippen LogP contribution >= 0.6 is 0 Å². The number of ether oxygens (including phenoxy) is 4. The number of benzene rings is 3. The molecule has 0 aromatic heterocycles. The molecule has 1 fully saturated rings. The van der Waals surface area contributed by atoms with Crippen molar-refractivity contribution in [3.05, 3.63) is 82.4 Å². The number of nitro groups is 1. The van der Waals surface area contributed by atoms with Crippen molar-refractivity contribution in [1.82, 2.24) is 0 Å². The van der Waals surface area contributed by atoms with Crippen LogP contribution in [0.2, 0.25) is 0 Å². The molecule has 196 valence electrons. The van der Waals surface area contributed by atoms with E-state index in [0.29, 0.717) is 34.2 Å². The molecular formula is C27H24N2O9. The topological polar surface area (TPSA) is 135 Å². The van der Waals surface area contributed by atoms with Crippen LogP contribution < -0.4 is 19.1 Å². The molecule has 1 amide bonds. The average molecular weight is 520 g/mol. The fourth-order valence-electron chi connectivity index (χ4n) is 3.92. The van der Waals surface area contributed by atoms with Gasteiger partial charge in [-0.05, 0) is 48.5 Å². The third-order valence-corrected chi connectivity index (χ3v) is 5.94. The summed E-state index contributed by atoms with van der Waals surface area (Å²) < 4.78 is 21.4. The van der Waals surface area contributed by atoms with Crippen LogP contribution in [0.25, 0.3) is 0 Å². The molecule has 4 rings (SSSR count). The maximum Gasteiger partial charge on any atom is 0.311 e. The molecule has 0 saturated carbocycles. The number of hydrogen-bond acceptors (Lipinski definition) is 9. The molecule has 0 bridgehead atoms. The summed E-state index contributed by atoms with van der Waals surface area (Å²) >= 11 is 0. The first-order valence-electron chi connectivity index (χ1n) is 11.5. The Labute approximate surface area is 217 Å². The molecule has 1 saturated heterocycles. The van der Waals surface area contributed by atoms with Gasteiger partial charge in [0.2, 0.25) is 5.91 Å². The van der Waals surface area contributed by atoms with Crippen molar-refractivity contribution < 1.29 is 38.3 Å². The van der Waals surface area contributed by atoms with Gasteiger partial charge in [-0.3, -0.25) is 24.5 Å². The molecule has 0 spiro atoms. The average Bonchev–Trinajstić information content (AvgIpc) is 3.33. The summed E-state index contributed by atoms with van der Waals surface area (Å²) in [5, 5.41) is 10.8. The SMILES string of the molecule is COc1ccc(OC)c(N2C[C@H](C(=O)OCC(=O)c3ccc(Oc4ccc([N+](=O)[O-])cc4)cc3)CC2=O)c1. The summed E-state index contributed by atoms with van der Waals surface area (Å²) in [5.41, 5.74) is 0.737. The first kappa shape index (κ1) is 26.1. The number of rotatable bonds is 10. The minimum absolute atomic E-state index is 0.0532. The first-order valence-corrected chi connectivity index (χ1v) is 11.5. The van der Waals surface area contributed by atoms with Gasteiger partial charge < -0.3 is 23.8 Å². The normalized spacial score (nSPS) is 14.6. The quantitative estimate of drug-likeness (QED) is 0.167. The molecule has 3 aromatic rings. The Balaban J connectivity index is 1.32. The molecule has 0 N–H and O–H groups in total. The smallest absolute Gasteiger partial charge is 0.311 e. The van der Waals surface area contributed by atoms with Crippen molar-refractivity contribution >= 4 is 29.0 Å². The number of Topliss-reactive ketones (excluding diaryl/α,β-unsaturated/α-hetero) is 1. The molecule has 1 heterocycles. The van der Waals surface area contributed by atoms with Crippen LogP contribution in [0.3, 0.4) is 0 Å². The molecule has 0 unspecified atom stereocenters. The molecule has 0 aliphatic carbocycles. The second-order valence-electron chi connectivity index (χ2n) is 8.35. The summed E-state index contributed by atoms with van der Waals surface area (Å²) in [6.45, 7) is -0.390. The molecule has 1 aliphatic heterocycles. The summed E-state index contributed by atoms with van der Waals surface area (Å²) in [4.78, 5) is 49.5. The number of non-ortho nitro benzene ring substituents is 1. The number of carbonyl (C=O) groups excluding carboxylic acids is 3. The predicted molar refractivity (Wildman–Crippen MR) is 135 cm³/mol. The Morgan fingerprint density at radius 3 is 2.18 bits per heavy atom. The number of hydrogen-bond donors (Lipinski definition) is 0. The standard InChI is InChI=1S/C27H24N2O9/c1-35-22-11-12-25(36-2)23(14-22)28-15-18(13-26(28)31)27(32)37-16-24(30)17-3-7-20(8-4-17)38-21-9-5-19(6-10-21)29(33)34/h3-12,14,18H,13,15-16H2,1-2H3/t18-/m1/s1. The maximum atomic E-state index is 12.6. The highest BCUT2D eigenvalue weighted by molar-refractivity contribution is 6.02. The second-order valence-corrected chi connectivity index (χ2v) is 8.35. The Hall–Kier alpha value is -4.93. The number of methoxy groups -OCH3 is 2. The van der Waals surface area contributed by atoms with Gasteiger partial charge >= 0.3 is 5.97 Å². The van der Waals surface area contributed by atoms with Crippen LogP contribution in [0.4, 0.5) is 11.4 Å². The molecule has 1 atom stereocenters. The molecule has 38 heavy (non-hydrogen) atoms. The maximum absolute atomic E-state index is 12.6. The first-order chi connectivity index (χ1) is 18.3. The molecule has 0 radical (unpaired) electrons. The van der Waals surface area contributed by atoms with Gasteiger partial charge in [0, 0.05) is 36.7 Å². The Morgan fingerprint density at radius 1 is 0.947 bits per heavy atom. The zero-order valence-electron chi connectivity index (χ0n) is 20.6. The number of nitrogens with zero attached hydrogens (tertiary/aromatic N) is 2. The van der Waals surface area contributed by atoms with Crippen LogP contribution in [0.1, 0.15) is 16.8 Å². The fraction of sp³-hybridized carbons (Fsp3) is 0.222. The third-order valence-electron chi connectivity index (χ3n) is 5.94. The number of carbonyl (C=O) groups is 3. The van der Waals surface area contributed by atoms with Crippen LogP contribution in [0.15, 0.2) is 66.7 Å². The van der Waals surface area contributed by atoms with Crippen molar-refractivity contribution in [2.45, 2.75) is 6.42 Å². The fourth-order valence-corrected chi connectivity index (χ4v) is 3.92. The van der Waals surface area contributed by atoms with E-state index in [1.54, 1.807) is 30.3 Å². The van der Waals surface area contributed by atoms with Gasteiger partial charge in [0.05, 0.1) is 30.7 Å². The van der Waals surface area contributed by atoms with Crippen LogP contribution in [0, 0.1) is 16.0 Å². The van der Waals surface area contributed by atoms with Crippen molar-refractivity contribution in [3.8, 4) is 23.0 Å². The van der Waals surface area contributed by atoms with Crippen LogP contribution in [-0.2, 0) is 14.3 Å². The van der Waals surface area contributed by atoms with E-state index in [1.807, 2.05) is 0 Å². The van der Waals surface area contributed by atoms with Crippen molar-refractivity contribution in [3.63, 3.8) is 0 Å². The van der Waals surface area contributed by atoms with Gasteiger partial charge in [0.15, 0.2) is 12.4 Å². The summed E-state index contributed by atoms with van der Waals surface area (Å²) in [6, 6.07) is 16.8. The minimum Gasteiger partial charge on any atom is -0.497 e. The van der Waals surface area contributed by atoms with Crippen molar-refractivity contribution in [1.29, 1.82) is 0 Å². The number of nitro benzene ring substituents is 1. The van der Waals surface area contributed by atoms with Crippen molar-refractivity contribution in [2.75, 3.05) is 32.3 Å². The van der Waals surface area contributed by atoms with Gasteiger partial charge in [-0.2, -0.15) is 0 Å². The highest BCUT2D eigenvalue weighted by atomic mass is 16.6. The Morgan fingerprint density at radius 2 is 1.58 bits per heavy atom. The van der Waals surface area contributed by atoms with E-state index in [2.05, 4.69) is 0 Å². The Bertz CT molecular complexity index is 1350. The van der Waals surface area contributed by atoms with E-state index < -0.39 is 29.2 Å². The predicted octanol–water partition coefficient (Wildman–Crippen LogP) is 4.18. The van der Waals surface area contributed by atoms with Crippen LogP contribution in [0.5, 0.6) is 23.0 Å². The van der Waals surface area contributed by atoms with E-state index in [4.69, 9.17) is 18.9 Å². The monoisotopic (exact) mass is 520 g/mol. The number of esters is 1. The molecule has 1 aliphatic rings. The lowest BCUT2D eigenvalue weighted by Gasteiger charge is -2.20.